The number of aryl methyl sites for hydroxylation is 2. The van der Waals surface area contributed by atoms with Crippen molar-refractivity contribution in [3.8, 4) is 5.75 Å². The number of nitrogen functional groups attached to an aromatic ring is 1. The molecule has 1 aromatic carbocycles. The smallest absolute Gasteiger partial charge is 0.130 e. The number of hydrogen-bond acceptors (Lipinski definition) is 3. The Kier molecular flexibility index (Phi) is 3.51. The van der Waals surface area contributed by atoms with Gasteiger partial charge in [0, 0.05) is 16.9 Å². The van der Waals surface area contributed by atoms with Crippen molar-refractivity contribution in [2.45, 2.75) is 27.4 Å². The molecule has 18 heavy (non-hydrogen) atoms. The van der Waals surface area contributed by atoms with Gasteiger partial charge in [0.25, 0.3) is 0 Å². The van der Waals surface area contributed by atoms with E-state index in [1.165, 1.54) is 0 Å². The van der Waals surface area contributed by atoms with Gasteiger partial charge in [-0.3, -0.25) is 4.98 Å². The Morgan fingerprint density at radius 3 is 2.61 bits per heavy atom. The number of aromatic nitrogens is 1. The van der Waals surface area contributed by atoms with Crippen LogP contribution in [0.5, 0.6) is 5.75 Å². The lowest BCUT2D eigenvalue weighted by Crippen LogP contribution is -2.03. The van der Waals surface area contributed by atoms with Crippen molar-refractivity contribution in [3.05, 3.63) is 52.8 Å². The van der Waals surface area contributed by atoms with Crippen LogP contribution in [-0.4, -0.2) is 4.98 Å². The number of benzene rings is 1. The number of ether oxygens (including phenoxy) is 1. The number of pyridine rings is 1. The van der Waals surface area contributed by atoms with Crippen molar-refractivity contribution < 1.29 is 4.74 Å². The van der Waals surface area contributed by atoms with Crippen LogP contribution >= 0.6 is 0 Å². The fraction of sp³-hybridized carbons (Fsp3) is 0.267. The molecule has 2 aromatic rings. The van der Waals surface area contributed by atoms with Crippen molar-refractivity contribution in [2.24, 2.45) is 0 Å². The molecule has 0 aliphatic rings. The van der Waals surface area contributed by atoms with Crippen LogP contribution < -0.4 is 10.5 Å². The maximum Gasteiger partial charge on any atom is 0.130 e. The summed E-state index contributed by atoms with van der Waals surface area (Å²) in [6.45, 7) is 6.43. The molecule has 0 unspecified atom stereocenters. The van der Waals surface area contributed by atoms with Gasteiger partial charge in [0.1, 0.15) is 12.4 Å². The van der Waals surface area contributed by atoms with E-state index in [1.807, 2.05) is 51.1 Å². The summed E-state index contributed by atoms with van der Waals surface area (Å²) in [6, 6.07) is 9.80. The van der Waals surface area contributed by atoms with Crippen molar-refractivity contribution in [3.63, 3.8) is 0 Å². The molecule has 2 rings (SSSR count). The van der Waals surface area contributed by atoms with Gasteiger partial charge in [0.15, 0.2) is 0 Å². The first-order valence-electron chi connectivity index (χ1n) is 5.99. The fourth-order valence-electron chi connectivity index (χ4n) is 1.89. The molecule has 0 bridgehead atoms. The summed E-state index contributed by atoms with van der Waals surface area (Å²) in [5, 5.41) is 0. The highest BCUT2D eigenvalue weighted by molar-refractivity contribution is 5.56. The molecule has 2 N–H and O–H groups in total. The molecule has 3 nitrogen and oxygen atoms in total. The molecule has 0 spiro atoms. The van der Waals surface area contributed by atoms with E-state index in [9.17, 15) is 0 Å². The van der Waals surface area contributed by atoms with Crippen molar-refractivity contribution in [1.82, 2.24) is 4.98 Å². The summed E-state index contributed by atoms with van der Waals surface area (Å²) in [4.78, 5) is 4.41. The van der Waals surface area contributed by atoms with Crippen LogP contribution in [0.15, 0.2) is 30.3 Å². The average Bonchev–Trinajstić information content (AvgIpc) is 2.34. The van der Waals surface area contributed by atoms with Gasteiger partial charge >= 0.3 is 0 Å². The number of rotatable bonds is 3. The molecule has 0 saturated heterocycles. The molecule has 1 heterocycles. The zero-order valence-electron chi connectivity index (χ0n) is 11.0. The van der Waals surface area contributed by atoms with Crippen molar-refractivity contribution in [2.75, 3.05) is 5.73 Å². The van der Waals surface area contributed by atoms with Crippen molar-refractivity contribution in [1.29, 1.82) is 0 Å². The summed E-state index contributed by atoms with van der Waals surface area (Å²) in [5.41, 5.74) is 10.6. The number of anilines is 1. The van der Waals surface area contributed by atoms with Gasteiger partial charge in [-0.25, -0.2) is 0 Å². The number of nitrogens with two attached hydrogens (primary N) is 1. The molecule has 0 amide bonds. The van der Waals surface area contributed by atoms with E-state index < -0.39 is 0 Å². The lowest BCUT2D eigenvalue weighted by Gasteiger charge is -2.13. The largest absolute Gasteiger partial charge is 0.487 e. The Bertz CT molecular complexity index is 564. The van der Waals surface area contributed by atoms with Gasteiger partial charge < -0.3 is 10.5 Å². The fourth-order valence-corrected chi connectivity index (χ4v) is 1.89. The Hall–Kier alpha value is -2.03. The highest BCUT2D eigenvalue weighted by atomic mass is 16.5. The predicted molar refractivity (Wildman–Crippen MR) is 73.6 cm³/mol. The molecule has 3 heteroatoms. The summed E-state index contributed by atoms with van der Waals surface area (Å²) in [7, 11) is 0. The summed E-state index contributed by atoms with van der Waals surface area (Å²) in [5.74, 6) is 0.860. The van der Waals surface area contributed by atoms with E-state index in [0.29, 0.717) is 6.61 Å². The molecule has 0 aliphatic carbocycles. The third kappa shape index (κ3) is 2.62. The van der Waals surface area contributed by atoms with Crippen LogP contribution in [0.4, 0.5) is 5.69 Å². The zero-order valence-corrected chi connectivity index (χ0v) is 11.0. The quantitative estimate of drug-likeness (QED) is 0.841. The molecule has 0 saturated carbocycles. The Morgan fingerprint density at radius 1 is 1.11 bits per heavy atom. The van der Waals surface area contributed by atoms with Crippen LogP contribution in [0.2, 0.25) is 0 Å². The average molecular weight is 242 g/mol. The van der Waals surface area contributed by atoms with E-state index in [0.717, 1.165) is 34.0 Å². The Balaban J connectivity index is 2.18. The van der Waals surface area contributed by atoms with Crippen LogP contribution in [-0.2, 0) is 6.61 Å². The first-order valence-corrected chi connectivity index (χ1v) is 5.99. The maximum atomic E-state index is 5.89. The first-order chi connectivity index (χ1) is 8.58. The van der Waals surface area contributed by atoms with E-state index in [1.54, 1.807) is 0 Å². The lowest BCUT2D eigenvalue weighted by molar-refractivity contribution is 0.297. The molecule has 94 valence electrons. The Labute approximate surface area is 108 Å². The van der Waals surface area contributed by atoms with Gasteiger partial charge in [-0.05, 0) is 44.5 Å². The van der Waals surface area contributed by atoms with E-state index >= 15 is 0 Å². The molecule has 0 atom stereocenters. The maximum absolute atomic E-state index is 5.89. The Morgan fingerprint density at radius 2 is 1.89 bits per heavy atom. The molecular formula is C15H18N2O. The molecule has 0 fully saturated rings. The molecular weight excluding hydrogens is 224 g/mol. The van der Waals surface area contributed by atoms with Crippen LogP contribution in [0.3, 0.4) is 0 Å². The summed E-state index contributed by atoms with van der Waals surface area (Å²) >= 11 is 0. The zero-order chi connectivity index (χ0) is 13.1. The van der Waals surface area contributed by atoms with E-state index in [-0.39, 0.29) is 0 Å². The van der Waals surface area contributed by atoms with Gasteiger partial charge in [-0.2, -0.15) is 0 Å². The van der Waals surface area contributed by atoms with Gasteiger partial charge in [0.05, 0.1) is 5.69 Å². The number of nitrogens with zero attached hydrogens (tertiary/aromatic N) is 1. The third-order valence-electron chi connectivity index (χ3n) is 2.96. The van der Waals surface area contributed by atoms with Gasteiger partial charge in [-0.15, -0.1) is 0 Å². The van der Waals surface area contributed by atoms with E-state index in [2.05, 4.69) is 4.98 Å². The third-order valence-corrected chi connectivity index (χ3v) is 2.96. The molecule has 0 aliphatic heterocycles. The highest BCUT2D eigenvalue weighted by Gasteiger charge is 2.07. The molecule has 1 aromatic heterocycles. The van der Waals surface area contributed by atoms with E-state index in [4.69, 9.17) is 10.5 Å². The monoisotopic (exact) mass is 242 g/mol. The normalized spacial score (nSPS) is 10.4. The minimum absolute atomic E-state index is 0.465. The standard InChI is InChI=1S/C15H18N2O/c1-10-7-8-14(16)12(3)15(10)18-9-13-6-4-5-11(2)17-13/h4-8H,9,16H2,1-3H3. The minimum Gasteiger partial charge on any atom is -0.487 e. The second-order valence-corrected chi connectivity index (χ2v) is 4.48. The second kappa shape index (κ2) is 5.08. The minimum atomic E-state index is 0.465. The van der Waals surface area contributed by atoms with Gasteiger partial charge in [0.2, 0.25) is 0 Å². The molecule has 0 radical (unpaired) electrons. The van der Waals surface area contributed by atoms with Crippen LogP contribution in [0.25, 0.3) is 0 Å². The van der Waals surface area contributed by atoms with Crippen LogP contribution in [0.1, 0.15) is 22.5 Å². The number of hydrogen-bond donors (Lipinski definition) is 1. The first kappa shape index (κ1) is 12.4. The van der Waals surface area contributed by atoms with Gasteiger partial charge in [-0.1, -0.05) is 12.1 Å². The van der Waals surface area contributed by atoms with Crippen LogP contribution in [0, 0.1) is 20.8 Å². The van der Waals surface area contributed by atoms with Crippen molar-refractivity contribution >= 4 is 5.69 Å². The summed E-state index contributed by atoms with van der Waals surface area (Å²) < 4.78 is 5.85. The summed E-state index contributed by atoms with van der Waals surface area (Å²) in [6.07, 6.45) is 0. The lowest BCUT2D eigenvalue weighted by atomic mass is 10.1. The predicted octanol–water partition coefficient (Wildman–Crippen LogP) is 3.17. The topological polar surface area (TPSA) is 48.1 Å². The second-order valence-electron chi connectivity index (χ2n) is 4.48. The SMILES string of the molecule is Cc1cccc(COc2c(C)ccc(N)c2C)n1. The highest BCUT2D eigenvalue weighted by Crippen LogP contribution is 2.28.